The van der Waals surface area contributed by atoms with Crippen LogP contribution in [0.2, 0.25) is 5.02 Å². The van der Waals surface area contributed by atoms with Crippen LogP contribution in [0.3, 0.4) is 0 Å². The van der Waals surface area contributed by atoms with Gasteiger partial charge in [-0.05, 0) is 49.2 Å². The number of nitrogen functional groups attached to an aromatic ring is 1. The Bertz CT molecular complexity index is 650. The molecule has 0 atom stereocenters. The number of nitrogens with two attached hydrogens (primary N) is 1. The van der Waals surface area contributed by atoms with E-state index < -0.39 is 0 Å². The molecule has 5 heteroatoms. The van der Waals surface area contributed by atoms with E-state index in [1.807, 2.05) is 50.2 Å². The first-order chi connectivity index (χ1) is 9.95. The second kappa shape index (κ2) is 6.87. The van der Waals surface area contributed by atoms with Gasteiger partial charge in [-0.1, -0.05) is 23.7 Å². The first-order valence-electron chi connectivity index (χ1n) is 6.50. The second-order valence-electron chi connectivity index (χ2n) is 4.85. The summed E-state index contributed by atoms with van der Waals surface area (Å²) in [5, 5.41) is 3.43. The molecule has 0 aliphatic rings. The Morgan fingerprint density at radius 2 is 2.05 bits per heavy atom. The molecule has 2 aromatic rings. The zero-order valence-corrected chi connectivity index (χ0v) is 13.5. The van der Waals surface area contributed by atoms with Crippen molar-refractivity contribution in [2.75, 3.05) is 16.8 Å². The van der Waals surface area contributed by atoms with Gasteiger partial charge >= 0.3 is 0 Å². The monoisotopic (exact) mass is 320 g/mol. The maximum absolute atomic E-state index is 12.0. The Kier molecular flexibility index (Phi) is 5.15. The van der Waals surface area contributed by atoms with Crippen molar-refractivity contribution in [2.24, 2.45) is 0 Å². The summed E-state index contributed by atoms with van der Waals surface area (Å²) in [7, 11) is 0. The number of halogens is 1. The number of hydrogen-bond acceptors (Lipinski definition) is 3. The van der Waals surface area contributed by atoms with Gasteiger partial charge in [-0.15, -0.1) is 11.8 Å². The van der Waals surface area contributed by atoms with Crippen LogP contribution in [-0.4, -0.2) is 11.7 Å². The number of hydrogen-bond donors (Lipinski definition) is 2. The van der Waals surface area contributed by atoms with E-state index in [1.165, 1.54) is 11.8 Å². The van der Waals surface area contributed by atoms with Crippen LogP contribution >= 0.6 is 23.4 Å². The Labute approximate surface area is 133 Å². The van der Waals surface area contributed by atoms with Crippen LogP contribution in [0.15, 0.2) is 41.3 Å². The fourth-order valence-electron chi connectivity index (χ4n) is 2.00. The highest BCUT2D eigenvalue weighted by atomic mass is 35.5. The van der Waals surface area contributed by atoms with Gasteiger partial charge in [0.2, 0.25) is 5.91 Å². The molecule has 0 saturated carbocycles. The highest BCUT2D eigenvalue weighted by Gasteiger charge is 2.10. The number of nitrogens with one attached hydrogen (secondary N) is 1. The summed E-state index contributed by atoms with van der Waals surface area (Å²) in [5.74, 6) is 0.226. The van der Waals surface area contributed by atoms with Crippen molar-refractivity contribution < 1.29 is 4.79 Å². The fraction of sp³-hybridized carbons (Fsp3) is 0.188. The van der Waals surface area contributed by atoms with Crippen molar-refractivity contribution in [1.82, 2.24) is 0 Å². The summed E-state index contributed by atoms with van der Waals surface area (Å²) in [4.78, 5) is 13.0. The van der Waals surface area contributed by atoms with Gasteiger partial charge in [0.25, 0.3) is 0 Å². The molecule has 110 valence electrons. The maximum Gasteiger partial charge on any atom is 0.234 e. The van der Waals surface area contributed by atoms with Gasteiger partial charge < -0.3 is 11.1 Å². The number of rotatable bonds is 4. The number of carbonyl (C=O) groups excluding carboxylic acids is 1. The van der Waals surface area contributed by atoms with E-state index in [2.05, 4.69) is 5.32 Å². The van der Waals surface area contributed by atoms with E-state index in [9.17, 15) is 4.79 Å². The zero-order chi connectivity index (χ0) is 15.4. The van der Waals surface area contributed by atoms with Crippen molar-refractivity contribution in [1.29, 1.82) is 0 Å². The Hall–Kier alpha value is -1.65. The molecule has 2 aromatic carbocycles. The van der Waals surface area contributed by atoms with Crippen molar-refractivity contribution in [3.8, 4) is 0 Å². The average molecular weight is 321 g/mol. The number of aryl methyl sites for hydroxylation is 2. The van der Waals surface area contributed by atoms with E-state index >= 15 is 0 Å². The number of thioether (sulfide) groups is 1. The zero-order valence-electron chi connectivity index (χ0n) is 11.9. The molecule has 1 amide bonds. The molecule has 3 N–H and O–H groups in total. The summed E-state index contributed by atoms with van der Waals surface area (Å²) >= 11 is 7.62. The standard InChI is InChI=1S/C16H17ClN2OS/c1-10-6-11(2)16(14(17)7-10)19-15(20)9-21-13-5-3-4-12(18)8-13/h3-8H,9,18H2,1-2H3,(H,19,20). The summed E-state index contributed by atoms with van der Waals surface area (Å²) in [6, 6.07) is 11.3. The van der Waals surface area contributed by atoms with Gasteiger partial charge in [0, 0.05) is 10.6 Å². The van der Waals surface area contributed by atoms with Gasteiger partial charge in [-0.25, -0.2) is 0 Å². The van der Waals surface area contributed by atoms with Crippen molar-refractivity contribution in [3.63, 3.8) is 0 Å². The van der Waals surface area contributed by atoms with Crippen molar-refractivity contribution in [2.45, 2.75) is 18.7 Å². The third-order valence-electron chi connectivity index (χ3n) is 2.92. The van der Waals surface area contributed by atoms with E-state index in [0.717, 1.165) is 16.0 Å². The molecule has 0 heterocycles. The first-order valence-corrected chi connectivity index (χ1v) is 7.87. The van der Waals surface area contributed by atoms with Crippen LogP contribution in [-0.2, 0) is 4.79 Å². The van der Waals surface area contributed by atoms with E-state index in [0.29, 0.717) is 22.2 Å². The Balaban J connectivity index is 1.99. The van der Waals surface area contributed by atoms with Gasteiger partial charge in [0.15, 0.2) is 0 Å². The predicted molar refractivity (Wildman–Crippen MR) is 91.1 cm³/mol. The molecule has 0 fully saturated rings. The predicted octanol–water partition coefficient (Wildman–Crippen LogP) is 4.27. The fourth-order valence-corrected chi connectivity index (χ4v) is 3.14. The minimum atomic E-state index is -0.0868. The second-order valence-corrected chi connectivity index (χ2v) is 6.30. The summed E-state index contributed by atoms with van der Waals surface area (Å²) in [6.07, 6.45) is 0. The SMILES string of the molecule is Cc1cc(C)c(NC(=O)CSc2cccc(N)c2)c(Cl)c1. The van der Waals surface area contributed by atoms with Crippen molar-refractivity contribution >= 4 is 40.6 Å². The summed E-state index contributed by atoms with van der Waals surface area (Å²) in [6.45, 7) is 3.90. The number of amides is 1. The van der Waals surface area contributed by atoms with Gasteiger partial charge in [0.1, 0.15) is 0 Å². The molecular formula is C16H17ClN2OS. The number of benzene rings is 2. The lowest BCUT2D eigenvalue weighted by Crippen LogP contribution is -2.15. The van der Waals surface area contributed by atoms with Crippen LogP contribution in [0.5, 0.6) is 0 Å². The molecule has 2 rings (SSSR count). The molecule has 0 aromatic heterocycles. The highest BCUT2D eigenvalue weighted by Crippen LogP contribution is 2.28. The molecule has 3 nitrogen and oxygen atoms in total. The smallest absolute Gasteiger partial charge is 0.234 e. The lowest BCUT2D eigenvalue weighted by molar-refractivity contribution is -0.113. The van der Waals surface area contributed by atoms with E-state index in [1.54, 1.807) is 0 Å². The number of carbonyl (C=O) groups is 1. The van der Waals surface area contributed by atoms with Gasteiger partial charge in [0.05, 0.1) is 16.5 Å². The molecule has 21 heavy (non-hydrogen) atoms. The van der Waals surface area contributed by atoms with Crippen LogP contribution in [0.1, 0.15) is 11.1 Å². The molecular weight excluding hydrogens is 304 g/mol. The quantitative estimate of drug-likeness (QED) is 0.653. The first kappa shape index (κ1) is 15.7. The lowest BCUT2D eigenvalue weighted by Gasteiger charge is -2.11. The molecule has 0 aliphatic heterocycles. The Morgan fingerprint density at radius 3 is 2.71 bits per heavy atom. The molecule has 0 bridgehead atoms. The average Bonchev–Trinajstić information content (AvgIpc) is 2.40. The third kappa shape index (κ3) is 4.41. The largest absolute Gasteiger partial charge is 0.399 e. The summed E-state index contributed by atoms with van der Waals surface area (Å²) in [5.41, 5.74) is 9.12. The van der Waals surface area contributed by atoms with Crippen molar-refractivity contribution in [3.05, 3.63) is 52.5 Å². The van der Waals surface area contributed by atoms with Crippen LogP contribution in [0, 0.1) is 13.8 Å². The molecule has 0 spiro atoms. The minimum Gasteiger partial charge on any atom is -0.399 e. The lowest BCUT2D eigenvalue weighted by atomic mass is 10.1. The van der Waals surface area contributed by atoms with Gasteiger partial charge in [-0.2, -0.15) is 0 Å². The highest BCUT2D eigenvalue weighted by molar-refractivity contribution is 8.00. The number of anilines is 2. The van der Waals surface area contributed by atoms with E-state index in [-0.39, 0.29) is 5.91 Å². The van der Waals surface area contributed by atoms with E-state index in [4.69, 9.17) is 17.3 Å². The van der Waals surface area contributed by atoms with Crippen LogP contribution in [0.25, 0.3) is 0 Å². The van der Waals surface area contributed by atoms with Crippen LogP contribution in [0.4, 0.5) is 11.4 Å². The minimum absolute atomic E-state index is 0.0868. The molecule has 0 saturated heterocycles. The molecule has 0 radical (unpaired) electrons. The third-order valence-corrected chi connectivity index (χ3v) is 4.22. The maximum atomic E-state index is 12.0. The van der Waals surface area contributed by atoms with Gasteiger partial charge in [-0.3, -0.25) is 4.79 Å². The Morgan fingerprint density at radius 1 is 1.29 bits per heavy atom. The molecule has 0 unspecified atom stereocenters. The topological polar surface area (TPSA) is 55.1 Å². The van der Waals surface area contributed by atoms with Crippen LogP contribution < -0.4 is 11.1 Å². The summed E-state index contributed by atoms with van der Waals surface area (Å²) < 4.78 is 0. The molecule has 0 aliphatic carbocycles. The normalized spacial score (nSPS) is 10.4.